The zero-order valence-corrected chi connectivity index (χ0v) is 19.1. The predicted molar refractivity (Wildman–Crippen MR) is 127 cm³/mol. The average molecular weight is 490 g/mol. The normalized spacial score (nSPS) is 11.1. The van der Waals surface area contributed by atoms with Crippen molar-refractivity contribution in [1.29, 1.82) is 0 Å². The molecule has 0 saturated carbocycles. The van der Waals surface area contributed by atoms with E-state index >= 15 is 0 Å². The number of amides is 2. The summed E-state index contributed by atoms with van der Waals surface area (Å²) in [7, 11) is -3.78. The summed E-state index contributed by atoms with van der Waals surface area (Å²) >= 11 is 7.17. The second-order valence-electron chi connectivity index (χ2n) is 6.79. The van der Waals surface area contributed by atoms with Gasteiger partial charge in [-0.05, 0) is 60.2 Å². The first-order chi connectivity index (χ1) is 15.2. The summed E-state index contributed by atoms with van der Waals surface area (Å²) in [4.78, 5) is 25.3. The molecule has 4 N–H and O–H groups in total. The van der Waals surface area contributed by atoms with Crippen molar-refractivity contribution in [1.82, 2.24) is 0 Å². The molecule has 3 aromatic carbocycles. The quantitative estimate of drug-likeness (QED) is 0.415. The molecule has 0 aliphatic carbocycles. The molecule has 0 aromatic heterocycles. The zero-order chi connectivity index (χ0) is 23.1. The first kappa shape index (κ1) is 23.8. The summed E-state index contributed by atoms with van der Waals surface area (Å²) in [5.74, 6) is -0.273. The van der Waals surface area contributed by atoms with Crippen LogP contribution in [-0.4, -0.2) is 26.0 Å². The van der Waals surface area contributed by atoms with E-state index in [2.05, 4.69) is 10.6 Å². The van der Waals surface area contributed by atoms with E-state index in [1.807, 2.05) is 6.07 Å². The Morgan fingerprint density at radius 1 is 0.875 bits per heavy atom. The molecule has 0 fully saturated rings. The summed E-state index contributed by atoms with van der Waals surface area (Å²) in [6.45, 7) is 0. The topological polar surface area (TPSA) is 118 Å². The number of hydrogen-bond donors (Lipinski definition) is 3. The molecule has 10 heteroatoms. The highest BCUT2D eigenvalue weighted by Crippen LogP contribution is 2.22. The van der Waals surface area contributed by atoms with Crippen LogP contribution in [0.5, 0.6) is 0 Å². The molecule has 3 rings (SSSR count). The monoisotopic (exact) mass is 489 g/mol. The number of halogens is 1. The van der Waals surface area contributed by atoms with Crippen LogP contribution in [0.25, 0.3) is 0 Å². The van der Waals surface area contributed by atoms with Crippen LogP contribution in [0.2, 0.25) is 5.02 Å². The maximum Gasteiger partial charge on any atom is 0.238 e. The fourth-order valence-corrected chi connectivity index (χ4v) is 4.13. The lowest BCUT2D eigenvalue weighted by atomic mass is 10.1. The van der Waals surface area contributed by atoms with Gasteiger partial charge in [0, 0.05) is 21.3 Å². The fraction of sp³-hybridized carbons (Fsp3) is 0.0909. The highest BCUT2D eigenvalue weighted by Gasteiger charge is 2.09. The van der Waals surface area contributed by atoms with E-state index in [-0.39, 0.29) is 28.9 Å². The van der Waals surface area contributed by atoms with Crippen molar-refractivity contribution in [3.05, 3.63) is 83.4 Å². The number of carbonyl (C=O) groups is 2. The SMILES string of the molecule is NS(=O)(=O)c1ccc(NC(=O)CSc2cccc(NC(=O)Cc3ccc(Cl)cc3)c2)cc1. The Morgan fingerprint density at radius 2 is 1.53 bits per heavy atom. The number of benzene rings is 3. The minimum absolute atomic E-state index is 0.0280. The van der Waals surface area contributed by atoms with Crippen LogP contribution in [0.1, 0.15) is 5.56 Å². The lowest BCUT2D eigenvalue weighted by Gasteiger charge is -2.09. The van der Waals surface area contributed by atoms with Gasteiger partial charge in [-0.3, -0.25) is 9.59 Å². The van der Waals surface area contributed by atoms with Gasteiger partial charge in [-0.15, -0.1) is 11.8 Å². The summed E-state index contributed by atoms with van der Waals surface area (Å²) in [5, 5.41) is 11.2. The third-order valence-electron chi connectivity index (χ3n) is 4.23. The molecular formula is C22H20ClN3O4S2. The number of primary sulfonamides is 1. The van der Waals surface area contributed by atoms with E-state index in [1.54, 1.807) is 42.5 Å². The molecule has 32 heavy (non-hydrogen) atoms. The first-order valence-electron chi connectivity index (χ1n) is 9.39. The molecule has 0 radical (unpaired) electrons. The minimum Gasteiger partial charge on any atom is -0.326 e. The van der Waals surface area contributed by atoms with Crippen molar-refractivity contribution in [3.8, 4) is 0 Å². The van der Waals surface area contributed by atoms with Crippen LogP contribution >= 0.6 is 23.4 Å². The molecule has 0 aliphatic heterocycles. The maximum atomic E-state index is 12.3. The van der Waals surface area contributed by atoms with E-state index < -0.39 is 10.0 Å². The summed E-state index contributed by atoms with van der Waals surface area (Å²) in [5.41, 5.74) is 1.95. The number of nitrogens with two attached hydrogens (primary N) is 1. The molecule has 3 aromatic rings. The number of anilines is 2. The molecule has 7 nitrogen and oxygen atoms in total. The lowest BCUT2D eigenvalue weighted by molar-refractivity contribution is -0.115. The third kappa shape index (κ3) is 7.38. The fourth-order valence-electron chi connectivity index (χ4n) is 2.73. The number of thioether (sulfide) groups is 1. The number of sulfonamides is 1. The van der Waals surface area contributed by atoms with Crippen molar-refractivity contribution < 1.29 is 18.0 Å². The Hall–Kier alpha value is -2.85. The first-order valence-corrected chi connectivity index (χ1v) is 12.3. The summed E-state index contributed by atoms with van der Waals surface area (Å²) < 4.78 is 22.6. The van der Waals surface area contributed by atoms with Crippen LogP contribution in [0.3, 0.4) is 0 Å². The van der Waals surface area contributed by atoms with Crippen molar-refractivity contribution >= 4 is 56.6 Å². The zero-order valence-electron chi connectivity index (χ0n) is 16.7. The van der Waals surface area contributed by atoms with Crippen LogP contribution in [0.15, 0.2) is 82.6 Å². The summed E-state index contributed by atoms with van der Waals surface area (Å²) in [6.07, 6.45) is 0.223. The Morgan fingerprint density at radius 3 is 2.19 bits per heavy atom. The molecular weight excluding hydrogens is 470 g/mol. The van der Waals surface area contributed by atoms with Gasteiger partial charge in [0.1, 0.15) is 0 Å². The van der Waals surface area contributed by atoms with Gasteiger partial charge in [0.15, 0.2) is 0 Å². The largest absolute Gasteiger partial charge is 0.326 e. The van der Waals surface area contributed by atoms with Crippen LogP contribution in [-0.2, 0) is 26.0 Å². The third-order valence-corrected chi connectivity index (χ3v) is 6.41. The molecule has 0 atom stereocenters. The van der Waals surface area contributed by atoms with Gasteiger partial charge in [-0.1, -0.05) is 29.8 Å². The number of hydrogen-bond acceptors (Lipinski definition) is 5. The molecule has 0 heterocycles. The Labute approximate surface area is 195 Å². The second kappa shape index (κ2) is 10.6. The van der Waals surface area contributed by atoms with E-state index in [9.17, 15) is 18.0 Å². The predicted octanol–water partition coefficient (Wildman–Crippen LogP) is 3.90. The molecule has 166 valence electrons. The van der Waals surface area contributed by atoms with Crippen LogP contribution in [0, 0.1) is 0 Å². The smallest absolute Gasteiger partial charge is 0.238 e. The van der Waals surface area contributed by atoms with Crippen molar-refractivity contribution in [2.75, 3.05) is 16.4 Å². The Kier molecular flexibility index (Phi) is 7.92. The van der Waals surface area contributed by atoms with Crippen molar-refractivity contribution in [2.45, 2.75) is 16.2 Å². The van der Waals surface area contributed by atoms with Crippen molar-refractivity contribution in [2.24, 2.45) is 5.14 Å². The van der Waals surface area contributed by atoms with E-state index in [4.69, 9.17) is 16.7 Å². The van der Waals surface area contributed by atoms with Gasteiger partial charge in [0.05, 0.1) is 17.1 Å². The number of nitrogens with one attached hydrogen (secondary N) is 2. The molecule has 2 amide bonds. The summed E-state index contributed by atoms with van der Waals surface area (Å²) in [6, 6.07) is 19.9. The van der Waals surface area contributed by atoms with Gasteiger partial charge < -0.3 is 10.6 Å². The molecule has 0 spiro atoms. The van der Waals surface area contributed by atoms with Gasteiger partial charge in [-0.2, -0.15) is 0 Å². The maximum absolute atomic E-state index is 12.3. The number of carbonyl (C=O) groups excluding carboxylic acids is 2. The Balaban J connectivity index is 1.51. The van der Waals surface area contributed by atoms with Gasteiger partial charge in [0.25, 0.3) is 0 Å². The molecule has 0 saturated heterocycles. The van der Waals surface area contributed by atoms with Crippen molar-refractivity contribution in [3.63, 3.8) is 0 Å². The Bertz CT molecular complexity index is 1210. The second-order valence-corrected chi connectivity index (χ2v) is 9.83. The van der Waals surface area contributed by atoms with Gasteiger partial charge in [-0.25, -0.2) is 13.6 Å². The molecule has 0 unspecified atom stereocenters. The van der Waals surface area contributed by atoms with E-state index in [0.29, 0.717) is 16.4 Å². The average Bonchev–Trinajstić information content (AvgIpc) is 2.74. The standard InChI is InChI=1S/C22H20ClN3O4S2/c23-16-6-4-15(5-7-16)12-21(27)26-18-2-1-3-19(13-18)31-14-22(28)25-17-8-10-20(11-9-17)32(24,29)30/h1-11,13H,12,14H2,(H,25,28)(H,26,27)(H2,24,29,30). The minimum atomic E-state index is -3.78. The molecule has 0 bridgehead atoms. The van der Waals surface area contributed by atoms with Gasteiger partial charge >= 0.3 is 0 Å². The van der Waals surface area contributed by atoms with E-state index in [0.717, 1.165) is 10.5 Å². The van der Waals surface area contributed by atoms with Gasteiger partial charge in [0.2, 0.25) is 21.8 Å². The number of rotatable bonds is 8. The van der Waals surface area contributed by atoms with Crippen LogP contribution in [0.4, 0.5) is 11.4 Å². The van der Waals surface area contributed by atoms with Crippen LogP contribution < -0.4 is 15.8 Å². The lowest BCUT2D eigenvalue weighted by Crippen LogP contribution is -2.15. The molecule has 0 aliphatic rings. The highest BCUT2D eigenvalue weighted by atomic mass is 35.5. The highest BCUT2D eigenvalue weighted by molar-refractivity contribution is 8.00. The van der Waals surface area contributed by atoms with E-state index in [1.165, 1.54) is 36.0 Å².